The van der Waals surface area contributed by atoms with Crippen molar-refractivity contribution in [2.24, 2.45) is 5.92 Å². The lowest BCUT2D eigenvalue weighted by molar-refractivity contribution is 0.0687. The first-order valence-corrected chi connectivity index (χ1v) is 8.60. The van der Waals surface area contributed by atoms with Crippen LogP contribution in [0.5, 0.6) is 0 Å². The number of hydrogen-bond donors (Lipinski definition) is 1. The Kier molecular flexibility index (Phi) is 6.28. The third-order valence-electron chi connectivity index (χ3n) is 3.89. The molecule has 3 nitrogen and oxygen atoms in total. The van der Waals surface area contributed by atoms with Crippen LogP contribution in [0.25, 0.3) is 0 Å². The Balaban J connectivity index is 1.91. The quantitative estimate of drug-likeness (QED) is 0.868. The maximum atomic E-state index is 12.5. The summed E-state index contributed by atoms with van der Waals surface area (Å²) < 4.78 is 0. The first kappa shape index (κ1) is 16.1. The van der Waals surface area contributed by atoms with E-state index in [-0.39, 0.29) is 12.5 Å². The summed E-state index contributed by atoms with van der Waals surface area (Å²) in [6, 6.07) is 1.87. The van der Waals surface area contributed by atoms with Crippen molar-refractivity contribution in [2.45, 2.75) is 39.0 Å². The smallest absolute Gasteiger partial charge is 0.254 e. The Morgan fingerprint density at radius 2 is 2.24 bits per heavy atom. The van der Waals surface area contributed by atoms with Gasteiger partial charge in [-0.1, -0.05) is 31.6 Å². The molecule has 0 saturated carbocycles. The SMILES string of the molecule is CCCC1CCN(C(=O)c2csc(C#CCCO)c2)CC1. The number of nitrogens with zero attached hydrogens (tertiary/aromatic N) is 1. The summed E-state index contributed by atoms with van der Waals surface area (Å²) in [5.41, 5.74) is 0.752. The van der Waals surface area contributed by atoms with Gasteiger partial charge in [0.1, 0.15) is 0 Å². The second kappa shape index (κ2) is 8.21. The van der Waals surface area contributed by atoms with Gasteiger partial charge in [0.15, 0.2) is 0 Å². The number of hydrogen-bond acceptors (Lipinski definition) is 3. The highest BCUT2D eigenvalue weighted by Gasteiger charge is 2.23. The van der Waals surface area contributed by atoms with Gasteiger partial charge in [0.25, 0.3) is 5.91 Å². The van der Waals surface area contributed by atoms with Gasteiger partial charge in [0.05, 0.1) is 17.0 Å². The largest absolute Gasteiger partial charge is 0.395 e. The first-order valence-electron chi connectivity index (χ1n) is 7.72. The second-order valence-electron chi connectivity index (χ2n) is 5.50. The van der Waals surface area contributed by atoms with Crippen LogP contribution in [-0.2, 0) is 0 Å². The van der Waals surface area contributed by atoms with Crippen molar-refractivity contribution in [2.75, 3.05) is 19.7 Å². The molecule has 114 valence electrons. The third kappa shape index (κ3) is 4.59. The van der Waals surface area contributed by atoms with Crippen LogP contribution in [0.4, 0.5) is 0 Å². The third-order valence-corrected chi connectivity index (χ3v) is 4.74. The van der Waals surface area contributed by atoms with E-state index in [1.165, 1.54) is 24.2 Å². The van der Waals surface area contributed by atoms with Crippen LogP contribution in [0.3, 0.4) is 0 Å². The van der Waals surface area contributed by atoms with Crippen molar-refractivity contribution in [3.05, 3.63) is 21.9 Å². The number of rotatable bonds is 4. The van der Waals surface area contributed by atoms with Gasteiger partial charge in [0.2, 0.25) is 0 Å². The fraction of sp³-hybridized carbons (Fsp3) is 0.588. The van der Waals surface area contributed by atoms with E-state index in [0.717, 1.165) is 42.3 Å². The summed E-state index contributed by atoms with van der Waals surface area (Å²) in [6.45, 7) is 4.06. The van der Waals surface area contributed by atoms with Gasteiger partial charge >= 0.3 is 0 Å². The Labute approximate surface area is 131 Å². The predicted molar refractivity (Wildman–Crippen MR) is 86.4 cm³/mol. The first-order chi connectivity index (χ1) is 10.2. The Hall–Kier alpha value is -1.31. The summed E-state index contributed by atoms with van der Waals surface area (Å²) >= 11 is 1.50. The highest BCUT2D eigenvalue weighted by Crippen LogP contribution is 2.24. The van der Waals surface area contributed by atoms with Gasteiger partial charge in [-0.2, -0.15) is 0 Å². The molecule has 1 aliphatic rings. The molecule has 0 aliphatic carbocycles. The van der Waals surface area contributed by atoms with E-state index in [4.69, 9.17) is 5.11 Å². The van der Waals surface area contributed by atoms with E-state index in [9.17, 15) is 4.79 Å². The normalized spacial score (nSPS) is 15.6. The van der Waals surface area contributed by atoms with Gasteiger partial charge < -0.3 is 10.0 Å². The molecule has 0 spiro atoms. The number of likely N-dealkylation sites (tertiary alicyclic amines) is 1. The molecule has 0 aromatic carbocycles. The second-order valence-corrected chi connectivity index (χ2v) is 6.41. The van der Waals surface area contributed by atoms with Crippen LogP contribution in [0.15, 0.2) is 11.4 Å². The Morgan fingerprint density at radius 1 is 1.48 bits per heavy atom. The number of carbonyl (C=O) groups is 1. The van der Waals surface area contributed by atoms with E-state index < -0.39 is 0 Å². The maximum Gasteiger partial charge on any atom is 0.254 e. The molecule has 1 aromatic heterocycles. The van der Waals surface area contributed by atoms with Crippen LogP contribution in [0.2, 0.25) is 0 Å². The minimum absolute atomic E-state index is 0.0802. The Morgan fingerprint density at radius 3 is 2.90 bits per heavy atom. The maximum absolute atomic E-state index is 12.5. The Bertz CT molecular complexity index is 518. The molecule has 1 fully saturated rings. The standard InChI is InChI=1S/C17H23NO2S/c1-2-5-14-7-9-18(10-8-14)17(20)15-12-16(21-13-15)6-3-4-11-19/h12-14,19H,2,4-5,7-11H2,1H3. The van der Waals surface area contributed by atoms with Crippen molar-refractivity contribution in [3.63, 3.8) is 0 Å². The lowest BCUT2D eigenvalue weighted by atomic mass is 9.92. The van der Waals surface area contributed by atoms with Crippen LogP contribution in [0, 0.1) is 17.8 Å². The predicted octanol–water partition coefficient (Wildman–Crippen LogP) is 3.13. The number of amides is 1. The van der Waals surface area contributed by atoms with Crippen LogP contribution >= 0.6 is 11.3 Å². The van der Waals surface area contributed by atoms with Gasteiger partial charge in [-0.05, 0) is 24.8 Å². The molecule has 1 N–H and O–H groups in total. The fourth-order valence-electron chi connectivity index (χ4n) is 2.74. The van der Waals surface area contributed by atoms with E-state index in [1.807, 2.05) is 16.3 Å². The van der Waals surface area contributed by atoms with Crippen molar-refractivity contribution >= 4 is 17.2 Å². The molecule has 21 heavy (non-hydrogen) atoms. The van der Waals surface area contributed by atoms with E-state index in [1.54, 1.807) is 0 Å². The summed E-state index contributed by atoms with van der Waals surface area (Å²) in [5, 5.41) is 10.6. The molecular formula is C17H23NO2S. The van der Waals surface area contributed by atoms with Gasteiger partial charge in [-0.25, -0.2) is 0 Å². The monoisotopic (exact) mass is 305 g/mol. The van der Waals surface area contributed by atoms with Crippen molar-refractivity contribution in [1.29, 1.82) is 0 Å². The summed E-state index contributed by atoms with van der Waals surface area (Å²) in [5.74, 6) is 6.80. The topological polar surface area (TPSA) is 40.5 Å². The molecule has 1 aliphatic heterocycles. The number of aliphatic hydroxyl groups excluding tert-OH is 1. The number of aliphatic hydroxyl groups is 1. The fourth-order valence-corrected chi connectivity index (χ4v) is 3.48. The van der Waals surface area contributed by atoms with E-state index >= 15 is 0 Å². The van der Waals surface area contributed by atoms with Gasteiger partial charge in [-0.15, -0.1) is 11.3 Å². The molecule has 0 unspecified atom stereocenters. The van der Waals surface area contributed by atoms with Gasteiger partial charge in [0, 0.05) is 24.9 Å². The van der Waals surface area contributed by atoms with E-state index in [0.29, 0.717) is 6.42 Å². The molecule has 0 radical (unpaired) electrons. The molecule has 2 heterocycles. The molecule has 0 atom stereocenters. The van der Waals surface area contributed by atoms with Crippen molar-refractivity contribution in [1.82, 2.24) is 4.90 Å². The summed E-state index contributed by atoms with van der Waals surface area (Å²) in [7, 11) is 0. The van der Waals surface area contributed by atoms with Crippen molar-refractivity contribution < 1.29 is 9.90 Å². The van der Waals surface area contributed by atoms with Gasteiger partial charge in [-0.3, -0.25) is 4.79 Å². The van der Waals surface area contributed by atoms with Crippen LogP contribution in [-0.4, -0.2) is 35.6 Å². The number of carbonyl (C=O) groups excluding carboxylic acids is 1. The van der Waals surface area contributed by atoms with E-state index in [2.05, 4.69) is 18.8 Å². The highest BCUT2D eigenvalue weighted by molar-refractivity contribution is 7.10. The highest BCUT2D eigenvalue weighted by atomic mass is 32.1. The molecule has 0 bridgehead atoms. The molecule has 1 saturated heterocycles. The zero-order valence-electron chi connectivity index (χ0n) is 12.6. The molecule has 4 heteroatoms. The molecular weight excluding hydrogens is 282 g/mol. The number of piperidine rings is 1. The van der Waals surface area contributed by atoms with Crippen LogP contribution in [0.1, 0.15) is 54.3 Å². The minimum atomic E-state index is 0.0802. The molecule has 1 amide bonds. The summed E-state index contributed by atoms with van der Waals surface area (Å²) in [6.07, 6.45) is 5.26. The number of thiophene rings is 1. The molecule has 2 rings (SSSR count). The lowest BCUT2D eigenvalue weighted by Gasteiger charge is -2.31. The minimum Gasteiger partial charge on any atom is -0.395 e. The lowest BCUT2D eigenvalue weighted by Crippen LogP contribution is -2.38. The molecule has 1 aromatic rings. The average molecular weight is 305 g/mol. The van der Waals surface area contributed by atoms with Crippen molar-refractivity contribution in [3.8, 4) is 11.8 Å². The summed E-state index contributed by atoms with van der Waals surface area (Å²) in [4.78, 5) is 15.3. The average Bonchev–Trinajstić information content (AvgIpc) is 2.97. The zero-order valence-corrected chi connectivity index (χ0v) is 13.4. The zero-order chi connectivity index (χ0) is 15.1. The van der Waals surface area contributed by atoms with Crippen LogP contribution < -0.4 is 0 Å².